The molecule has 1 fully saturated rings. The smallest absolute Gasteiger partial charge is 0.134 e. The van der Waals surface area contributed by atoms with E-state index in [2.05, 4.69) is 14.9 Å². The molecule has 0 amide bonds. The predicted octanol–water partition coefficient (Wildman–Crippen LogP) is 2.77. The number of rotatable bonds is 4. The maximum Gasteiger partial charge on any atom is 0.134 e. The summed E-state index contributed by atoms with van der Waals surface area (Å²) in [7, 11) is 0. The van der Waals surface area contributed by atoms with Gasteiger partial charge in [-0.25, -0.2) is 9.97 Å². The lowest BCUT2D eigenvalue weighted by molar-refractivity contribution is 0.0676. The van der Waals surface area contributed by atoms with Crippen molar-refractivity contribution in [2.75, 3.05) is 24.7 Å². The van der Waals surface area contributed by atoms with Crippen molar-refractivity contribution >= 4 is 17.4 Å². The fraction of sp³-hybridized carbons (Fsp3) is 0.412. The van der Waals surface area contributed by atoms with Gasteiger partial charge in [0.15, 0.2) is 0 Å². The van der Waals surface area contributed by atoms with Crippen LogP contribution in [0.4, 0.5) is 5.82 Å². The maximum atomic E-state index is 10.5. The fourth-order valence-electron chi connectivity index (χ4n) is 2.88. The summed E-state index contributed by atoms with van der Waals surface area (Å²) in [6, 6.07) is 11.5. The molecule has 0 aliphatic carbocycles. The molecule has 1 aromatic heterocycles. The van der Waals surface area contributed by atoms with Gasteiger partial charge in [-0.05, 0) is 12.5 Å². The van der Waals surface area contributed by atoms with E-state index in [1.54, 1.807) is 6.07 Å². The van der Waals surface area contributed by atoms with Crippen molar-refractivity contribution in [2.45, 2.75) is 25.5 Å². The van der Waals surface area contributed by atoms with Gasteiger partial charge in [-0.3, -0.25) is 0 Å². The summed E-state index contributed by atoms with van der Waals surface area (Å²) >= 11 is 6.06. The minimum Gasteiger partial charge on any atom is -0.388 e. The van der Waals surface area contributed by atoms with Gasteiger partial charge in [0.25, 0.3) is 0 Å². The van der Waals surface area contributed by atoms with Crippen molar-refractivity contribution in [1.29, 1.82) is 0 Å². The Morgan fingerprint density at radius 1 is 1.35 bits per heavy atom. The molecule has 2 heterocycles. The van der Waals surface area contributed by atoms with Crippen LogP contribution in [0.25, 0.3) is 0 Å². The molecular formula is C17H20ClN3O2. The topological polar surface area (TPSA) is 58.5 Å². The first kappa shape index (κ1) is 16.2. The lowest BCUT2D eigenvalue weighted by atomic mass is 10.0. The highest BCUT2D eigenvalue weighted by Crippen LogP contribution is 2.26. The molecule has 1 aliphatic rings. The Morgan fingerprint density at radius 2 is 2.13 bits per heavy atom. The minimum absolute atomic E-state index is 0.0457. The Labute approximate surface area is 140 Å². The van der Waals surface area contributed by atoms with Crippen LogP contribution in [0.15, 0.2) is 36.4 Å². The van der Waals surface area contributed by atoms with Gasteiger partial charge in [-0.15, -0.1) is 0 Å². The van der Waals surface area contributed by atoms with Crippen LogP contribution in [-0.2, 0) is 4.74 Å². The van der Waals surface area contributed by atoms with E-state index in [1.165, 1.54) is 0 Å². The Hall–Kier alpha value is -1.69. The third kappa shape index (κ3) is 3.99. The molecule has 5 nitrogen and oxygen atoms in total. The lowest BCUT2D eigenvalue weighted by Gasteiger charge is -2.37. The van der Waals surface area contributed by atoms with Crippen LogP contribution in [0.2, 0.25) is 5.15 Å². The summed E-state index contributed by atoms with van der Waals surface area (Å²) in [6.07, 6.45) is 0.0359. The number of aryl methyl sites for hydroxylation is 1. The molecule has 2 unspecified atom stereocenters. The Balaban J connectivity index is 1.78. The second-order valence-electron chi connectivity index (χ2n) is 5.68. The Bertz CT molecular complexity index is 633. The van der Waals surface area contributed by atoms with Gasteiger partial charge in [0.2, 0.25) is 0 Å². The van der Waals surface area contributed by atoms with Crippen LogP contribution in [0.5, 0.6) is 0 Å². The van der Waals surface area contributed by atoms with Crippen molar-refractivity contribution in [2.24, 2.45) is 0 Å². The third-order valence-corrected chi connectivity index (χ3v) is 4.19. The number of aliphatic hydroxyl groups is 1. The summed E-state index contributed by atoms with van der Waals surface area (Å²) in [5, 5.41) is 10.9. The second kappa shape index (κ2) is 7.25. The maximum absolute atomic E-state index is 10.5. The van der Waals surface area contributed by atoms with E-state index in [9.17, 15) is 5.11 Å². The molecule has 0 bridgehead atoms. The normalized spacial score (nSPS) is 19.6. The fourth-order valence-corrected chi connectivity index (χ4v) is 3.10. The highest BCUT2D eigenvalue weighted by molar-refractivity contribution is 6.29. The van der Waals surface area contributed by atoms with Crippen LogP contribution < -0.4 is 4.90 Å². The third-order valence-electron chi connectivity index (χ3n) is 3.99. The summed E-state index contributed by atoms with van der Waals surface area (Å²) in [5.41, 5.74) is 0.912. The van der Waals surface area contributed by atoms with E-state index in [0.717, 1.165) is 17.9 Å². The van der Waals surface area contributed by atoms with Gasteiger partial charge in [0, 0.05) is 19.0 Å². The van der Waals surface area contributed by atoms with E-state index in [0.29, 0.717) is 30.6 Å². The highest BCUT2D eigenvalue weighted by Gasteiger charge is 2.27. The highest BCUT2D eigenvalue weighted by atomic mass is 35.5. The van der Waals surface area contributed by atoms with Crippen molar-refractivity contribution < 1.29 is 9.84 Å². The first-order chi connectivity index (χ1) is 11.1. The van der Waals surface area contributed by atoms with E-state index in [4.69, 9.17) is 16.3 Å². The molecular weight excluding hydrogens is 314 g/mol. The standard InChI is InChI=1S/C17H20ClN3O2/c1-12-19-16(18)10-17(20-12)21-7-8-23-11-14(21)9-15(22)13-5-3-2-4-6-13/h2-6,10,14-15,22H,7-9,11H2,1H3. The zero-order valence-electron chi connectivity index (χ0n) is 13.0. The van der Waals surface area contributed by atoms with Crippen molar-refractivity contribution in [3.8, 4) is 0 Å². The molecule has 1 saturated heterocycles. The van der Waals surface area contributed by atoms with Crippen LogP contribution in [-0.4, -0.2) is 40.9 Å². The number of morpholine rings is 1. The van der Waals surface area contributed by atoms with Crippen LogP contribution in [0.1, 0.15) is 23.9 Å². The van der Waals surface area contributed by atoms with E-state index >= 15 is 0 Å². The molecule has 23 heavy (non-hydrogen) atoms. The summed E-state index contributed by atoms with van der Waals surface area (Å²) in [4.78, 5) is 10.7. The van der Waals surface area contributed by atoms with Gasteiger partial charge in [-0.1, -0.05) is 41.9 Å². The van der Waals surface area contributed by atoms with Crippen molar-refractivity contribution in [3.63, 3.8) is 0 Å². The van der Waals surface area contributed by atoms with Crippen molar-refractivity contribution in [1.82, 2.24) is 9.97 Å². The molecule has 2 atom stereocenters. The summed E-state index contributed by atoms with van der Waals surface area (Å²) in [5.74, 6) is 1.43. The number of aliphatic hydroxyl groups excluding tert-OH is 1. The number of ether oxygens (including phenoxy) is 1. The molecule has 122 valence electrons. The largest absolute Gasteiger partial charge is 0.388 e. The average Bonchev–Trinajstić information content (AvgIpc) is 2.55. The van der Waals surface area contributed by atoms with E-state index < -0.39 is 6.10 Å². The number of aromatic nitrogens is 2. The monoisotopic (exact) mass is 333 g/mol. The molecule has 6 heteroatoms. The molecule has 0 saturated carbocycles. The quantitative estimate of drug-likeness (QED) is 0.872. The van der Waals surface area contributed by atoms with Crippen LogP contribution in [0, 0.1) is 6.92 Å². The molecule has 0 spiro atoms. The van der Waals surface area contributed by atoms with E-state index in [-0.39, 0.29) is 6.04 Å². The predicted molar refractivity (Wildman–Crippen MR) is 89.8 cm³/mol. The number of anilines is 1. The average molecular weight is 334 g/mol. The van der Waals surface area contributed by atoms with Gasteiger partial charge >= 0.3 is 0 Å². The van der Waals surface area contributed by atoms with Gasteiger partial charge in [0.1, 0.15) is 16.8 Å². The zero-order chi connectivity index (χ0) is 16.2. The number of hydrogen-bond acceptors (Lipinski definition) is 5. The number of halogens is 1. The molecule has 0 radical (unpaired) electrons. The molecule has 2 aromatic rings. The lowest BCUT2D eigenvalue weighted by Crippen LogP contribution is -2.46. The number of benzene rings is 1. The van der Waals surface area contributed by atoms with Crippen LogP contribution in [0.3, 0.4) is 0 Å². The van der Waals surface area contributed by atoms with Crippen LogP contribution >= 0.6 is 11.6 Å². The first-order valence-corrected chi connectivity index (χ1v) is 8.10. The summed E-state index contributed by atoms with van der Waals surface area (Å²) < 4.78 is 5.60. The molecule has 1 N–H and O–H groups in total. The Kier molecular flexibility index (Phi) is 5.10. The SMILES string of the molecule is Cc1nc(Cl)cc(N2CCOCC2CC(O)c2ccccc2)n1. The Morgan fingerprint density at radius 3 is 2.87 bits per heavy atom. The van der Waals surface area contributed by atoms with Crippen molar-refractivity contribution in [3.05, 3.63) is 52.9 Å². The van der Waals surface area contributed by atoms with Gasteiger partial charge in [0.05, 0.1) is 25.4 Å². The molecule has 3 rings (SSSR count). The number of hydrogen-bond donors (Lipinski definition) is 1. The zero-order valence-corrected chi connectivity index (χ0v) is 13.8. The first-order valence-electron chi connectivity index (χ1n) is 7.72. The summed E-state index contributed by atoms with van der Waals surface area (Å²) in [6.45, 7) is 3.74. The number of nitrogens with zero attached hydrogens (tertiary/aromatic N) is 3. The second-order valence-corrected chi connectivity index (χ2v) is 6.07. The molecule has 1 aliphatic heterocycles. The minimum atomic E-state index is -0.538. The van der Waals surface area contributed by atoms with Gasteiger partial charge in [-0.2, -0.15) is 0 Å². The molecule has 1 aromatic carbocycles. The van der Waals surface area contributed by atoms with Gasteiger partial charge < -0.3 is 14.7 Å². The van der Waals surface area contributed by atoms with E-state index in [1.807, 2.05) is 37.3 Å².